The summed E-state index contributed by atoms with van der Waals surface area (Å²) < 4.78 is 6.43. The predicted molar refractivity (Wildman–Crippen MR) is 95.5 cm³/mol. The summed E-state index contributed by atoms with van der Waals surface area (Å²) in [7, 11) is 1.20. The molecule has 2 aromatic rings. The minimum absolute atomic E-state index is 0.114. The predicted octanol–water partition coefficient (Wildman–Crippen LogP) is 2.16. The number of aromatic nitrogens is 1. The van der Waals surface area contributed by atoms with Crippen LogP contribution in [0.1, 0.15) is 16.8 Å². The van der Waals surface area contributed by atoms with Gasteiger partial charge < -0.3 is 14.6 Å². The first-order valence-electron chi connectivity index (χ1n) is 8.07. The summed E-state index contributed by atoms with van der Waals surface area (Å²) >= 11 is 0. The van der Waals surface area contributed by atoms with Crippen LogP contribution in [0.5, 0.6) is 0 Å². The number of carbonyl (C=O) groups is 3. The average molecular weight is 353 g/mol. The monoisotopic (exact) mass is 353 g/mol. The van der Waals surface area contributed by atoms with Crippen LogP contribution in [0.2, 0.25) is 0 Å². The number of esters is 1. The fourth-order valence-corrected chi connectivity index (χ4v) is 2.68. The lowest BCUT2D eigenvalue weighted by Gasteiger charge is -2.10. The Kier molecular flexibility index (Phi) is 4.62. The molecule has 0 bridgehead atoms. The first-order chi connectivity index (χ1) is 12.4. The highest BCUT2D eigenvalue weighted by molar-refractivity contribution is 6.15. The summed E-state index contributed by atoms with van der Waals surface area (Å²) in [6.07, 6.45) is 3.47. The van der Waals surface area contributed by atoms with E-state index in [2.05, 4.69) is 16.1 Å². The van der Waals surface area contributed by atoms with Crippen LogP contribution in [-0.4, -0.2) is 41.0 Å². The van der Waals surface area contributed by atoms with E-state index in [0.29, 0.717) is 0 Å². The van der Waals surface area contributed by atoms with E-state index in [0.717, 1.165) is 21.8 Å². The van der Waals surface area contributed by atoms with Crippen molar-refractivity contribution >= 4 is 24.0 Å². The number of hydrogen-bond donors (Lipinski definition) is 1. The van der Waals surface area contributed by atoms with Crippen molar-refractivity contribution in [1.29, 1.82) is 0 Å². The lowest BCUT2D eigenvalue weighted by molar-refractivity contribution is -0.143. The highest BCUT2D eigenvalue weighted by atomic mass is 16.5. The van der Waals surface area contributed by atoms with Gasteiger partial charge in [-0.1, -0.05) is 6.07 Å². The van der Waals surface area contributed by atoms with Gasteiger partial charge in [0.05, 0.1) is 7.11 Å². The lowest BCUT2D eigenvalue weighted by atomic mass is 10.1. The first-order valence-corrected chi connectivity index (χ1v) is 8.07. The molecule has 1 aromatic carbocycles. The molecule has 1 fully saturated rings. The maximum absolute atomic E-state index is 12.4. The van der Waals surface area contributed by atoms with Crippen molar-refractivity contribution in [2.75, 3.05) is 13.7 Å². The standard InChI is InChI=1S/C19H19N3O4/c1-12-6-7-15(9-13(12)2)21-8-4-5-14(21)10-16-18(24)22(19(25)20-16)11-17(23)26-3/h4-10H,11H2,1-3H3,(H,20,25)/b16-10+. The molecule has 7 nitrogen and oxygen atoms in total. The molecule has 1 aliphatic heterocycles. The number of amides is 3. The van der Waals surface area contributed by atoms with E-state index < -0.39 is 24.5 Å². The second-order valence-electron chi connectivity index (χ2n) is 6.03. The molecule has 0 aliphatic carbocycles. The fraction of sp³-hybridized carbons (Fsp3) is 0.211. The van der Waals surface area contributed by atoms with Gasteiger partial charge in [-0.2, -0.15) is 0 Å². The summed E-state index contributed by atoms with van der Waals surface area (Å²) in [5.74, 6) is -1.22. The smallest absolute Gasteiger partial charge is 0.329 e. The van der Waals surface area contributed by atoms with Crippen molar-refractivity contribution in [3.63, 3.8) is 0 Å². The summed E-state index contributed by atoms with van der Waals surface area (Å²) in [6.45, 7) is 3.66. The van der Waals surface area contributed by atoms with Crippen molar-refractivity contribution in [3.05, 3.63) is 59.0 Å². The number of methoxy groups -OCH3 is 1. The van der Waals surface area contributed by atoms with E-state index in [9.17, 15) is 14.4 Å². The van der Waals surface area contributed by atoms with Crippen LogP contribution in [0.15, 0.2) is 42.2 Å². The number of rotatable bonds is 4. The highest BCUT2D eigenvalue weighted by Gasteiger charge is 2.35. The van der Waals surface area contributed by atoms with Crippen LogP contribution in [-0.2, 0) is 14.3 Å². The Hall–Kier alpha value is -3.35. The Balaban J connectivity index is 1.91. The van der Waals surface area contributed by atoms with Crippen LogP contribution < -0.4 is 5.32 Å². The Bertz CT molecular complexity index is 927. The minimum Gasteiger partial charge on any atom is -0.468 e. The van der Waals surface area contributed by atoms with E-state index in [1.807, 2.05) is 48.9 Å². The molecule has 0 atom stereocenters. The van der Waals surface area contributed by atoms with Gasteiger partial charge in [0.15, 0.2) is 0 Å². The average Bonchev–Trinajstić information content (AvgIpc) is 3.17. The number of carbonyl (C=O) groups excluding carboxylic acids is 3. The molecule has 134 valence electrons. The van der Waals surface area contributed by atoms with Gasteiger partial charge in [0.2, 0.25) is 0 Å². The number of aryl methyl sites for hydroxylation is 2. The normalized spacial score (nSPS) is 15.5. The third-order valence-corrected chi connectivity index (χ3v) is 4.32. The van der Waals surface area contributed by atoms with Gasteiger partial charge in [0.1, 0.15) is 12.2 Å². The molecule has 2 heterocycles. The Labute approximate surface area is 150 Å². The molecule has 1 aliphatic rings. The van der Waals surface area contributed by atoms with Crippen molar-refractivity contribution in [3.8, 4) is 5.69 Å². The molecule has 26 heavy (non-hydrogen) atoms. The Morgan fingerprint density at radius 3 is 2.65 bits per heavy atom. The molecule has 1 aromatic heterocycles. The second kappa shape index (κ2) is 6.87. The second-order valence-corrected chi connectivity index (χ2v) is 6.03. The first kappa shape index (κ1) is 17.5. The Morgan fingerprint density at radius 1 is 1.19 bits per heavy atom. The maximum atomic E-state index is 12.4. The fourth-order valence-electron chi connectivity index (χ4n) is 2.68. The topological polar surface area (TPSA) is 80.6 Å². The van der Waals surface area contributed by atoms with Crippen molar-refractivity contribution in [1.82, 2.24) is 14.8 Å². The number of urea groups is 1. The van der Waals surface area contributed by atoms with E-state index in [1.165, 1.54) is 12.7 Å². The van der Waals surface area contributed by atoms with E-state index >= 15 is 0 Å². The van der Waals surface area contributed by atoms with E-state index in [-0.39, 0.29) is 5.70 Å². The number of nitrogens with zero attached hydrogens (tertiary/aromatic N) is 2. The molecule has 0 saturated carbocycles. The number of nitrogens with one attached hydrogen (secondary N) is 1. The number of imide groups is 1. The van der Waals surface area contributed by atoms with Crippen LogP contribution in [0, 0.1) is 13.8 Å². The van der Waals surface area contributed by atoms with Crippen LogP contribution in [0.25, 0.3) is 11.8 Å². The van der Waals surface area contributed by atoms with Crippen LogP contribution in [0.4, 0.5) is 4.79 Å². The van der Waals surface area contributed by atoms with Crippen molar-refractivity contribution in [2.24, 2.45) is 0 Å². The molecule has 0 radical (unpaired) electrons. The van der Waals surface area contributed by atoms with Gasteiger partial charge in [-0.3, -0.25) is 9.59 Å². The van der Waals surface area contributed by atoms with Crippen LogP contribution >= 0.6 is 0 Å². The molecule has 0 spiro atoms. The van der Waals surface area contributed by atoms with Crippen molar-refractivity contribution < 1.29 is 19.1 Å². The van der Waals surface area contributed by atoms with Crippen molar-refractivity contribution in [2.45, 2.75) is 13.8 Å². The zero-order valence-electron chi connectivity index (χ0n) is 14.8. The summed E-state index contributed by atoms with van der Waals surface area (Å²) in [5.41, 5.74) is 4.15. The molecule has 0 unspecified atom stereocenters. The molecular formula is C19H19N3O4. The zero-order chi connectivity index (χ0) is 18.8. The largest absolute Gasteiger partial charge is 0.468 e. The summed E-state index contributed by atoms with van der Waals surface area (Å²) in [5, 5.41) is 2.50. The van der Waals surface area contributed by atoms with Gasteiger partial charge in [0.25, 0.3) is 5.91 Å². The van der Waals surface area contributed by atoms with E-state index in [4.69, 9.17) is 0 Å². The quantitative estimate of drug-likeness (QED) is 0.519. The SMILES string of the molecule is COC(=O)CN1C(=O)N/C(=C/c2cccn2-c2ccc(C)c(C)c2)C1=O. The zero-order valence-corrected chi connectivity index (χ0v) is 14.8. The van der Waals surface area contributed by atoms with Gasteiger partial charge in [-0.05, 0) is 55.3 Å². The number of benzene rings is 1. The Morgan fingerprint density at radius 2 is 1.96 bits per heavy atom. The molecule has 1 N–H and O–H groups in total. The molecule has 7 heteroatoms. The number of hydrogen-bond acceptors (Lipinski definition) is 4. The van der Waals surface area contributed by atoms with Gasteiger partial charge in [-0.25, -0.2) is 9.69 Å². The van der Waals surface area contributed by atoms with Gasteiger partial charge in [0, 0.05) is 17.6 Å². The third-order valence-electron chi connectivity index (χ3n) is 4.32. The van der Waals surface area contributed by atoms with E-state index in [1.54, 1.807) is 6.08 Å². The summed E-state index contributed by atoms with van der Waals surface area (Å²) in [6, 6.07) is 9.12. The summed E-state index contributed by atoms with van der Waals surface area (Å²) in [4.78, 5) is 36.5. The molecule has 3 amide bonds. The van der Waals surface area contributed by atoms with Gasteiger partial charge in [-0.15, -0.1) is 0 Å². The molecular weight excluding hydrogens is 334 g/mol. The third kappa shape index (κ3) is 3.23. The molecule has 3 rings (SSSR count). The van der Waals surface area contributed by atoms with Gasteiger partial charge >= 0.3 is 12.0 Å². The lowest BCUT2D eigenvalue weighted by Crippen LogP contribution is -2.36. The maximum Gasteiger partial charge on any atom is 0.329 e. The number of ether oxygens (including phenoxy) is 1. The highest BCUT2D eigenvalue weighted by Crippen LogP contribution is 2.20. The minimum atomic E-state index is -0.659. The van der Waals surface area contributed by atoms with Crippen LogP contribution in [0.3, 0.4) is 0 Å². The molecule has 1 saturated heterocycles.